The zero-order chi connectivity index (χ0) is 8.82. The average molecular weight is 165 g/mol. The molecule has 2 bridgehead atoms. The van der Waals surface area contributed by atoms with E-state index in [1.54, 1.807) is 0 Å². The Kier molecular flexibility index (Phi) is 1.63. The van der Waals surface area contributed by atoms with Crippen LogP contribution in [0.3, 0.4) is 0 Å². The zero-order valence-corrected chi connectivity index (χ0v) is 8.35. The van der Waals surface area contributed by atoms with Gasteiger partial charge in [0.25, 0.3) is 0 Å². The van der Waals surface area contributed by atoms with Crippen LogP contribution in [0.5, 0.6) is 0 Å². The molecule has 2 rings (SSSR count). The third-order valence-electron chi connectivity index (χ3n) is 3.51. The SMILES string of the molecule is CC(C)(C)C12C=CCC(CC1)N2. The maximum atomic E-state index is 3.76. The Labute approximate surface area is 75.2 Å². The topological polar surface area (TPSA) is 12.0 Å². The summed E-state index contributed by atoms with van der Waals surface area (Å²) >= 11 is 0. The molecule has 0 aromatic carbocycles. The standard InChI is InChI=1S/C11H19N/c1-10(2,3)11-7-4-5-9(12-11)6-8-11/h4,7,9,12H,5-6,8H2,1-3H3. The molecule has 0 saturated carbocycles. The quantitative estimate of drug-likeness (QED) is 0.544. The van der Waals surface area contributed by atoms with E-state index in [1.807, 2.05) is 0 Å². The molecule has 0 amide bonds. The van der Waals surface area contributed by atoms with Crippen molar-refractivity contribution in [2.24, 2.45) is 5.41 Å². The summed E-state index contributed by atoms with van der Waals surface area (Å²) in [6.45, 7) is 6.99. The van der Waals surface area contributed by atoms with Gasteiger partial charge in [-0.15, -0.1) is 0 Å². The van der Waals surface area contributed by atoms with Crippen LogP contribution in [0.25, 0.3) is 0 Å². The maximum Gasteiger partial charge on any atom is 0.0416 e. The first-order valence-corrected chi connectivity index (χ1v) is 4.99. The number of hydrogen-bond donors (Lipinski definition) is 1. The van der Waals surface area contributed by atoms with Gasteiger partial charge in [-0.1, -0.05) is 32.9 Å². The predicted octanol–water partition coefficient (Wildman–Crippen LogP) is 2.48. The van der Waals surface area contributed by atoms with Gasteiger partial charge in [0.2, 0.25) is 0 Å². The fourth-order valence-corrected chi connectivity index (χ4v) is 2.49. The van der Waals surface area contributed by atoms with Gasteiger partial charge in [0.15, 0.2) is 0 Å². The second kappa shape index (κ2) is 2.35. The molecule has 1 heteroatoms. The molecule has 0 aromatic heterocycles. The zero-order valence-electron chi connectivity index (χ0n) is 8.35. The predicted molar refractivity (Wildman–Crippen MR) is 52.1 cm³/mol. The van der Waals surface area contributed by atoms with Gasteiger partial charge < -0.3 is 5.32 Å². The Bertz CT molecular complexity index is 212. The summed E-state index contributed by atoms with van der Waals surface area (Å²) in [6, 6.07) is 0.759. The van der Waals surface area contributed by atoms with Crippen LogP contribution < -0.4 is 5.32 Å². The van der Waals surface area contributed by atoms with Crippen LogP contribution in [0.15, 0.2) is 12.2 Å². The second-order valence-corrected chi connectivity index (χ2v) is 5.24. The Morgan fingerprint density at radius 3 is 2.75 bits per heavy atom. The molecule has 2 heterocycles. The molecule has 2 aliphatic heterocycles. The minimum atomic E-state index is 0.302. The lowest BCUT2D eigenvalue weighted by Crippen LogP contribution is -2.52. The number of nitrogens with one attached hydrogen (secondary N) is 1. The van der Waals surface area contributed by atoms with Gasteiger partial charge >= 0.3 is 0 Å². The highest BCUT2D eigenvalue weighted by atomic mass is 15.1. The van der Waals surface area contributed by atoms with Crippen LogP contribution in [-0.4, -0.2) is 11.6 Å². The van der Waals surface area contributed by atoms with E-state index in [-0.39, 0.29) is 0 Å². The smallest absolute Gasteiger partial charge is 0.0416 e. The summed E-state index contributed by atoms with van der Waals surface area (Å²) in [5.41, 5.74) is 0.661. The Balaban J connectivity index is 2.31. The van der Waals surface area contributed by atoms with E-state index in [9.17, 15) is 0 Å². The molecule has 2 atom stereocenters. The highest BCUT2D eigenvalue weighted by Crippen LogP contribution is 2.43. The van der Waals surface area contributed by atoms with Crippen LogP contribution >= 0.6 is 0 Å². The summed E-state index contributed by atoms with van der Waals surface area (Å²) in [5.74, 6) is 0. The number of fused-ring (bicyclic) bond motifs is 2. The van der Waals surface area contributed by atoms with Crippen molar-refractivity contribution in [1.29, 1.82) is 0 Å². The fraction of sp³-hybridized carbons (Fsp3) is 0.818. The van der Waals surface area contributed by atoms with E-state index >= 15 is 0 Å². The van der Waals surface area contributed by atoms with Crippen molar-refractivity contribution < 1.29 is 0 Å². The molecule has 2 unspecified atom stereocenters. The summed E-state index contributed by atoms with van der Waals surface area (Å²) in [6.07, 6.45) is 8.66. The average Bonchev–Trinajstić information content (AvgIpc) is 2.27. The van der Waals surface area contributed by atoms with Gasteiger partial charge in [-0.05, 0) is 24.7 Å². The summed E-state index contributed by atoms with van der Waals surface area (Å²) in [4.78, 5) is 0. The van der Waals surface area contributed by atoms with Gasteiger partial charge in [-0.25, -0.2) is 0 Å². The lowest BCUT2D eigenvalue weighted by Gasteiger charge is -2.42. The van der Waals surface area contributed by atoms with Gasteiger partial charge in [0.1, 0.15) is 0 Å². The monoisotopic (exact) mass is 165 g/mol. The summed E-state index contributed by atoms with van der Waals surface area (Å²) in [7, 11) is 0. The highest BCUT2D eigenvalue weighted by molar-refractivity contribution is 5.21. The van der Waals surface area contributed by atoms with Crippen LogP contribution in [0.2, 0.25) is 0 Å². The van der Waals surface area contributed by atoms with Gasteiger partial charge in [-0.2, -0.15) is 0 Å². The van der Waals surface area contributed by atoms with Crippen molar-refractivity contribution >= 4 is 0 Å². The van der Waals surface area contributed by atoms with Gasteiger partial charge in [0.05, 0.1) is 0 Å². The molecular weight excluding hydrogens is 146 g/mol. The van der Waals surface area contributed by atoms with Gasteiger partial charge in [-0.3, -0.25) is 0 Å². The third-order valence-corrected chi connectivity index (χ3v) is 3.51. The van der Waals surface area contributed by atoms with Crippen molar-refractivity contribution in [3.8, 4) is 0 Å². The van der Waals surface area contributed by atoms with Crippen LogP contribution in [0, 0.1) is 5.41 Å². The summed E-state index contributed by atoms with van der Waals surface area (Å²) in [5, 5.41) is 3.76. The Morgan fingerprint density at radius 1 is 1.42 bits per heavy atom. The molecule has 1 nitrogen and oxygen atoms in total. The van der Waals surface area contributed by atoms with Crippen molar-refractivity contribution in [2.45, 2.75) is 51.6 Å². The minimum Gasteiger partial charge on any atom is -0.304 e. The lowest BCUT2D eigenvalue weighted by molar-refractivity contribution is 0.201. The highest BCUT2D eigenvalue weighted by Gasteiger charge is 2.46. The van der Waals surface area contributed by atoms with Crippen molar-refractivity contribution in [1.82, 2.24) is 5.32 Å². The molecule has 12 heavy (non-hydrogen) atoms. The minimum absolute atomic E-state index is 0.302. The Hall–Kier alpha value is -0.300. The number of hydrogen-bond acceptors (Lipinski definition) is 1. The molecule has 0 spiro atoms. The Morgan fingerprint density at radius 2 is 2.17 bits per heavy atom. The molecule has 1 saturated heterocycles. The second-order valence-electron chi connectivity index (χ2n) is 5.24. The molecule has 0 aliphatic carbocycles. The van der Waals surface area contributed by atoms with Crippen molar-refractivity contribution in [3.05, 3.63) is 12.2 Å². The van der Waals surface area contributed by atoms with Crippen LogP contribution in [0.4, 0.5) is 0 Å². The molecule has 0 radical (unpaired) electrons. The van der Waals surface area contributed by atoms with E-state index in [0.29, 0.717) is 11.0 Å². The first kappa shape index (κ1) is 8.31. The molecule has 0 aromatic rings. The normalized spacial score (nSPS) is 40.4. The first-order chi connectivity index (χ1) is 5.54. The number of rotatable bonds is 0. The van der Waals surface area contributed by atoms with E-state index < -0.39 is 0 Å². The van der Waals surface area contributed by atoms with Crippen LogP contribution in [-0.2, 0) is 0 Å². The van der Waals surface area contributed by atoms with Crippen molar-refractivity contribution in [3.63, 3.8) is 0 Å². The maximum absolute atomic E-state index is 3.76. The molecule has 2 aliphatic rings. The summed E-state index contributed by atoms with van der Waals surface area (Å²) < 4.78 is 0. The van der Waals surface area contributed by atoms with Crippen molar-refractivity contribution in [2.75, 3.05) is 0 Å². The van der Waals surface area contributed by atoms with E-state index in [2.05, 4.69) is 38.2 Å². The van der Waals surface area contributed by atoms with E-state index in [4.69, 9.17) is 0 Å². The lowest BCUT2D eigenvalue weighted by atomic mass is 9.72. The largest absolute Gasteiger partial charge is 0.304 e. The van der Waals surface area contributed by atoms with Gasteiger partial charge in [0, 0.05) is 11.6 Å². The molecular formula is C11H19N. The fourth-order valence-electron chi connectivity index (χ4n) is 2.49. The third kappa shape index (κ3) is 1.03. The molecule has 1 N–H and O–H groups in total. The molecule has 68 valence electrons. The van der Waals surface area contributed by atoms with E-state index in [1.165, 1.54) is 19.3 Å². The first-order valence-electron chi connectivity index (χ1n) is 4.99. The van der Waals surface area contributed by atoms with Crippen LogP contribution in [0.1, 0.15) is 40.0 Å². The molecule has 1 fully saturated rings. The van der Waals surface area contributed by atoms with E-state index in [0.717, 1.165) is 6.04 Å².